The van der Waals surface area contributed by atoms with E-state index in [1.807, 2.05) is 0 Å². The van der Waals surface area contributed by atoms with Crippen molar-refractivity contribution in [1.82, 2.24) is 15.4 Å². The zero-order chi connectivity index (χ0) is 21.8. The number of nitrogens with two attached hydrogens (primary N) is 2. The van der Waals surface area contributed by atoms with Gasteiger partial charge in [-0.05, 0) is 35.9 Å². The molecule has 0 amide bonds. The smallest absolute Gasteiger partial charge is 0.276 e. The Hall–Kier alpha value is -4.03. The number of guanidine groups is 1. The number of nitrogens with zero attached hydrogens (tertiary/aromatic N) is 4. The van der Waals surface area contributed by atoms with E-state index in [4.69, 9.17) is 23.2 Å². The number of hydrogen-bond donors (Lipinski definition) is 5. The molecule has 0 saturated carbocycles. The van der Waals surface area contributed by atoms with Crippen molar-refractivity contribution in [3.8, 4) is 0 Å². The number of hydrogen-bond acceptors (Lipinski definition) is 8. The molecule has 1 aromatic heterocycles. The molecule has 0 aliphatic rings. The van der Waals surface area contributed by atoms with Crippen LogP contribution in [0.4, 0.5) is 5.69 Å². The molecular formula is C17H15ClN8O4. The van der Waals surface area contributed by atoms with E-state index in [1.165, 1.54) is 30.3 Å². The Morgan fingerprint density at radius 1 is 1.30 bits per heavy atom. The van der Waals surface area contributed by atoms with Gasteiger partial charge >= 0.3 is 0 Å². The number of non-ortho nitro benzene ring substituents is 1. The predicted octanol–water partition coefficient (Wildman–Crippen LogP) is 0.700. The van der Waals surface area contributed by atoms with Crippen molar-refractivity contribution in [2.24, 2.45) is 21.8 Å². The second-order valence-electron chi connectivity index (χ2n) is 5.95. The summed E-state index contributed by atoms with van der Waals surface area (Å²) < 4.78 is 0. The summed E-state index contributed by atoms with van der Waals surface area (Å²) in [4.78, 5) is 29.8. The molecular weight excluding hydrogens is 416 g/mol. The number of fused-ring (bicyclic) bond motifs is 1. The molecule has 0 fully saturated rings. The first-order chi connectivity index (χ1) is 14.3. The first-order valence-corrected chi connectivity index (χ1v) is 8.67. The van der Waals surface area contributed by atoms with E-state index in [0.29, 0.717) is 16.1 Å². The fraction of sp³-hybridized carbons (Fsp3) is 0.0588. The lowest BCUT2D eigenvalue weighted by Crippen LogP contribution is -2.33. The molecule has 0 spiro atoms. The van der Waals surface area contributed by atoms with Gasteiger partial charge in [0.2, 0.25) is 5.96 Å². The highest BCUT2D eigenvalue weighted by molar-refractivity contribution is 6.31. The standard InChI is InChI=1S/C17H15ClN8O4/c18-9-3-6-11-12(7-9)22-16(28)14(21-11)13(24-25-17(19)23-20)15(27)8-1-4-10(5-2-8)26(29)30/h1-7,15,27H,20H2,(H,22,28)(H3,19,23,25)/b24-13+/t15-/m1/s1. The molecule has 1 heterocycles. The Morgan fingerprint density at radius 2 is 2.00 bits per heavy atom. The van der Waals surface area contributed by atoms with Crippen molar-refractivity contribution < 1.29 is 10.0 Å². The van der Waals surface area contributed by atoms with Crippen LogP contribution >= 0.6 is 11.6 Å². The van der Waals surface area contributed by atoms with Gasteiger partial charge in [0.1, 0.15) is 11.8 Å². The van der Waals surface area contributed by atoms with Crippen LogP contribution < -0.4 is 22.6 Å². The van der Waals surface area contributed by atoms with Gasteiger partial charge in [-0.15, -0.1) is 5.10 Å². The summed E-state index contributed by atoms with van der Waals surface area (Å²) in [5.41, 5.74) is 7.51. The van der Waals surface area contributed by atoms with Crippen LogP contribution in [0.5, 0.6) is 0 Å². The van der Waals surface area contributed by atoms with E-state index in [1.54, 1.807) is 12.1 Å². The average molecular weight is 431 g/mol. The van der Waals surface area contributed by atoms with Gasteiger partial charge in [-0.25, -0.2) is 10.4 Å². The lowest BCUT2D eigenvalue weighted by molar-refractivity contribution is -0.384. The summed E-state index contributed by atoms with van der Waals surface area (Å²) in [6.45, 7) is 0. The van der Waals surface area contributed by atoms with Crippen molar-refractivity contribution in [2.45, 2.75) is 6.10 Å². The number of nitro groups is 1. The average Bonchev–Trinajstić information content (AvgIpc) is 2.73. The Bertz CT molecular complexity index is 1220. The summed E-state index contributed by atoms with van der Waals surface area (Å²) in [7, 11) is 0. The molecule has 154 valence electrons. The molecule has 12 nitrogen and oxygen atoms in total. The first-order valence-electron chi connectivity index (χ1n) is 8.29. The summed E-state index contributed by atoms with van der Waals surface area (Å²) in [5.74, 6) is 4.77. The number of nitro benzene ring substituents is 1. The maximum Gasteiger partial charge on any atom is 0.276 e. The Morgan fingerprint density at radius 3 is 2.63 bits per heavy atom. The lowest BCUT2D eigenvalue weighted by atomic mass is 10.0. The molecule has 13 heteroatoms. The predicted molar refractivity (Wildman–Crippen MR) is 111 cm³/mol. The van der Waals surface area contributed by atoms with Crippen LogP contribution in [-0.2, 0) is 0 Å². The van der Waals surface area contributed by atoms with Crippen LogP contribution in [0.1, 0.15) is 17.4 Å². The SMILES string of the molecule is NN=C(N)N/N=C(\c1nc2ccc(Cl)cc2[nH]c1=O)[C@H](O)c1ccc([N+](=O)[O-])cc1. The minimum absolute atomic E-state index is 0.166. The molecule has 30 heavy (non-hydrogen) atoms. The van der Waals surface area contributed by atoms with Gasteiger partial charge in [0, 0.05) is 17.2 Å². The highest BCUT2D eigenvalue weighted by Crippen LogP contribution is 2.22. The van der Waals surface area contributed by atoms with E-state index >= 15 is 0 Å². The van der Waals surface area contributed by atoms with Gasteiger partial charge in [0.05, 0.1) is 16.0 Å². The highest BCUT2D eigenvalue weighted by Gasteiger charge is 2.23. The molecule has 7 N–H and O–H groups in total. The molecule has 3 aromatic rings. The normalized spacial score (nSPS) is 13.3. The summed E-state index contributed by atoms with van der Waals surface area (Å²) in [6, 6.07) is 9.76. The number of aromatic nitrogens is 2. The molecule has 0 saturated heterocycles. The van der Waals surface area contributed by atoms with Crippen molar-refractivity contribution in [1.29, 1.82) is 0 Å². The van der Waals surface area contributed by atoms with Gasteiger partial charge in [-0.3, -0.25) is 14.9 Å². The second-order valence-corrected chi connectivity index (χ2v) is 6.39. The fourth-order valence-electron chi connectivity index (χ4n) is 2.56. The van der Waals surface area contributed by atoms with E-state index in [2.05, 4.69) is 25.6 Å². The number of H-pyrrole nitrogens is 1. The monoisotopic (exact) mass is 430 g/mol. The van der Waals surface area contributed by atoms with Crippen LogP contribution in [-0.4, -0.2) is 31.7 Å². The van der Waals surface area contributed by atoms with Crippen LogP contribution in [0.25, 0.3) is 11.0 Å². The maximum absolute atomic E-state index is 12.6. The van der Waals surface area contributed by atoms with Crippen LogP contribution in [0.2, 0.25) is 5.02 Å². The molecule has 0 aliphatic heterocycles. The van der Waals surface area contributed by atoms with Crippen LogP contribution in [0.3, 0.4) is 0 Å². The number of aliphatic hydroxyl groups is 1. The third kappa shape index (κ3) is 4.34. The second kappa shape index (κ2) is 8.55. The van der Waals surface area contributed by atoms with Gasteiger partial charge in [0.25, 0.3) is 11.2 Å². The van der Waals surface area contributed by atoms with Gasteiger partial charge in [-0.1, -0.05) is 11.6 Å². The minimum Gasteiger partial charge on any atom is -0.382 e. The number of aromatic amines is 1. The molecule has 0 unspecified atom stereocenters. The summed E-state index contributed by atoms with van der Waals surface area (Å²) in [5, 5.41) is 29.2. The largest absolute Gasteiger partial charge is 0.382 e. The third-order valence-electron chi connectivity index (χ3n) is 4.01. The molecule has 0 radical (unpaired) electrons. The van der Waals surface area contributed by atoms with Gasteiger partial charge < -0.3 is 21.7 Å². The van der Waals surface area contributed by atoms with Gasteiger partial charge in [-0.2, -0.15) is 5.10 Å². The number of nitrogens with one attached hydrogen (secondary N) is 2. The van der Waals surface area contributed by atoms with E-state index in [9.17, 15) is 20.0 Å². The Kier molecular flexibility index (Phi) is 5.90. The summed E-state index contributed by atoms with van der Waals surface area (Å²) in [6.07, 6.45) is -1.48. The topological polar surface area (TPSA) is 198 Å². The molecule has 0 aliphatic carbocycles. The van der Waals surface area contributed by atoms with Crippen molar-refractivity contribution >= 4 is 40.0 Å². The Balaban J connectivity index is 2.12. The lowest BCUT2D eigenvalue weighted by Gasteiger charge is -2.14. The molecule has 1 atom stereocenters. The molecule has 3 rings (SSSR count). The zero-order valence-electron chi connectivity index (χ0n) is 15.1. The number of aliphatic hydroxyl groups excluding tert-OH is 1. The van der Waals surface area contributed by atoms with Crippen molar-refractivity contribution in [3.05, 3.63) is 79.2 Å². The minimum atomic E-state index is -1.48. The molecule has 0 bridgehead atoms. The zero-order valence-corrected chi connectivity index (χ0v) is 15.9. The third-order valence-corrected chi connectivity index (χ3v) is 4.24. The number of rotatable bonds is 5. The summed E-state index contributed by atoms with van der Waals surface area (Å²) >= 11 is 5.93. The maximum atomic E-state index is 12.6. The van der Waals surface area contributed by atoms with E-state index in [-0.39, 0.29) is 28.6 Å². The number of halogens is 1. The Labute approximate surface area is 173 Å². The van der Waals surface area contributed by atoms with Crippen molar-refractivity contribution in [2.75, 3.05) is 0 Å². The van der Waals surface area contributed by atoms with Crippen LogP contribution in [0, 0.1) is 10.1 Å². The molecule has 2 aromatic carbocycles. The quantitative estimate of drug-likeness (QED) is 0.128. The number of hydrazone groups is 2. The fourth-order valence-corrected chi connectivity index (χ4v) is 2.73. The van der Waals surface area contributed by atoms with E-state index < -0.39 is 16.6 Å². The van der Waals surface area contributed by atoms with Crippen LogP contribution in [0.15, 0.2) is 57.5 Å². The van der Waals surface area contributed by atoms with Crippen molar-refractivity contribution in [3.63, 3.8) is 0 Å². The van der Waals surface area contributed by atoms with E-state index in [0.717, 1.165) is 0 Å². The first kappa shape index (κ1) is 20.7. The number of benzene rings is 2. The van der Waals surface area contributed by atoms with Gasteiger partial charge in [0.15, 0.2) is 5.69 Å². The highest BCUT2D eigenvalue weighted by atomic mass is 35.5.